The van der Waals surface area contributed by atoms with E-state index in [2.05, 4.69) is 13.8 Å². The quantitative estimate of drug-likeness (QED) is 0.683. The Morgan fingerprint density at radius 1 is 1.17 bits per heavy atom. The monoisotopic (exact) mass is 434 g/mol. The molecule has 3 fully saturated rings. The van der Waals surface area contributed by atoms with E-state index < -0.39 is 11.6 Å². The topological polar surface area (TPSA) is 91.7 Å². The van der Waals surface area contributed by atoms with Crippen molar-refractivity contribution in [2.24, 2.45) is 28.6 Å². The van der Waals surface area contributed by atoms with Gasteiger partial charge in [-0.1, -0.05) is 31.2 Å². The van der Waals surface area contributed by atoms with Gasteiger partial charge in [0.2, 0.25) is 0 Å². The molecular formula is C24H34O5S. The van der Waals surface area contributed by atoms with Gasteiger partial charge in [0.15, 0.2) is 10.9 Å². The van der Waals surface area contributed by atoms with Crippen LogP contribution in [-0.2, 0) is 14.4 Å². The van der Waals surface area contributed by atoms with Crippen molar-refractivity contribution < 1.29 is 24.6 Å². The highest BCUT2D eigenvalue weighted by Crippen LogP contribution is 2.69. The number of carbonyl (C=O) groups excluding carboxylic acids is 2. The molecule has 0 unspecified atom stereocenters. The summed E-state index contributed by atoms with van der Waals surface area (Å²) in [6.07, 6.45) is 7.76. The van der Waals surface area contributed by atoms with E-state index in [1.807, 2.05) is 6.08 Å². The first-order chi connectivity index (χ1) is 14.0. The average molecular weight is 435 g/mol. The van der Waals surface area contributed by atoms with Gasteiger partial charge in [-0.25, -0.2) is 0 Å². The molecule has 0 spiro atoms. The highest BCUT2D eigenvalue weighted by atomic mass is 32.2. The summed E-state index contributed by atoms with van der Waals surface area (Å²) in [6.45, 7) is 6.09. The third-order valence-corrected chi connectivity index (χ3v) is 10.5. The Morgan fingerprint density at radius 3 is 2.53 bits per heavy atom. The normalized spacial score (nSPS) is 45.2. The van der Waals surface area contributed by atoms with Crippen LogP contribution in [0.25, 0.3) is 0 Å². The summed E-state index contributed by atoms with van der Waals surface area (Å²) in [7, 11) is 0. The van der Waals surface area contributed by atoms with Gasteiger partial charge in [0, 0.05) is 25.0 Å². The van der Waals surface area contributed by atoms with Crippen molar-refractivity contribution >= 4 is 28.6 Å². The number of ketones is 1. The van der Waals surface area contributed by atoms with Gasteiger partial charge < -0.3 is 10.2 Å². The largest absolute Gasteiger partial charge is 0.481 e. The molecule has 0 aromatic carbocycles. The van der Waals surface area contributed by atoms with Crippen LogP contribution < -0.4 is 0 Å². The molecule has 0 heterocycles. The number of thioether (sulfide) groups is 1. The highest BCUT2D eigenvalue weighted by Gasteiger charge is 2.65. The molecule has 0 bridgehead atoms. The summed E-state index contributed by atoms with van der Waals surface area (Å²) < 4.78 is 0. The summed E-state index contributed by atoms with van der Waals surface area (Å²) in [5.74, 6) is 0.343. The molecule has 2 N–H and O–H groups in total. The lowest BCUT2D eigenvalue weighted by atomic mass is 9.46. The van der Waals surface area contributed by atoms with Crippen molar-refractivity contribution in [1.29, 1.82) is 0 Å². The van der Waals surface area contributed by atoms with E-state index >= 15 is 0 Å². The van der Waals surface area contributed by atoms with Crippen LogP contribution in [-0.4, -0.2) is 37.9 Å². The Balaban J connectivity index is 1.71. The lowest BCUT2D eigenvalue weighted by Gasteiger charge is -2.61. The molecule has 0 radical (unpaired) electrons. The molecule has 6 heteroatoms. The molecule has 166 valence electrons. The lowest BCUT2D eigenvalue weighted by molar-refractivity contribution is -0.146. The van der Waals surface area contributed by atoms with Crippen LogP contribution in [0.4, 0.5) is 0 Å². The maximum absolute atomic E-state index is 12.2. The zero-order chi connectivity index (χ0) is 21.9. The van der Waals surface area contributed by atoms with Crippen LogP contribution in [0.15, 0.2) is 11.6 Å². The number of hydrogen-bond acceptors (Lipinski definition) is 5. The van der Waals surface area contributed by atoms with Crippen molar-refractivity contribution in [2.45, 2.75) is 89.4 Å². The molecular weight excluding hydrogens is 400 g/mol. The van der Waals surface area contributed by atoms with E-state index in [4.69, 9.17) is 0 Å². The second-order valence-corrected chi connectivity index (χ2v) is 12.0. The van der Waals surface area contributed by atoms with E-state index in [1.165, 1.54) is 17.3 Å². The Kier molecular flexibility index (Phi) is 5.50. The summed E-state index contributed by atoms with van der Waals surface area (Å²) in [5.41, 5.74) is -0.0514. The van der Waals surface area contributed by atoms with Crippen molar-refractivity contribution in [3.05, 3.63) is 11.6 Å². The predicted octanol–water partition coefficient (Wildman–Crippen LogP) is 4.37. The van der Waals surface area contributed by atoms with Crippen molar-refractivity contribution in [3.63, 3.8) is 0 Å². The fourth-order valence-electron chi connectivity index (χ4n) is 7.67. The van der Waals surface area contributed by atoms with Crippen molar-refractivity contribution in [3.8, 4) is 0 Å². The number of carbonyl (C=O) groups is 3. The minimum atomic E-state index is -0.952. The molecule has 4 aliphatic carbocycles. The first kappa shape index (κ1) is 22.1. The van der Waals surface area contributed by atoms with Gasteiger partial charge in [-0.2, -0.15) is 0 Å². The standard InChI is InChI=1S/C24H34O5S/c1-14(25)30-19-13-15-12-16(26)4-8-22(15,2)17-5-9-23(3)18(21(17)19)6-10-24(23,29)11-7-20(27)28/h12,17-19,21,29H,4-11,13H2,1-3H3,(H,27,28)/t17-,18-,19+,21+,22-,23-,24+/m0/s1. The van der Waals surface area contributed by atoms with Crippen LogP contribution in [0.3, 0.4) is 0 Å². The van der Waals surface area contributed by atoms with E-state index in [9.17, 15) is 24.6 Å². The highest BCUT2D eigenvalue weighted by molar-refractivity contribution is 8.14. The number of aliphatic hydroxyl groups is 1. The van der Waals surface area contributed by atoms with Gasteiger partial charge in [0.25, 0.3) is 0 Å². The number of hydrogen-bond donors (Lipinski definition) is 2. The molecule has 0 aliphatic heterocycles. The number of allylic oxidation sites excluding steroid dienone is 1. The smallest absolute Gasteiger partial charge is 0.303 e. The molecule has 0 saturated heterocycles. The Labute approximate surface area is 183 Å². The number of fused-ring (bicyclic) bond motifs is 5. The Morgan fingerprint density at radius 2 is 1.87 bits per heavy atom. The SMILES string of the molecule is CC(=O)S[C@@H]1CC2=CC(=O)CC[C@]2(C)[C@H]2CC[C@@]3(C)[C@@H](CC[C@@]3(O)CCC(=O)O)[C@H]12. The minimum absolute atomic E-state index is 0.00444. The van der Waals surface area contributed by atoms with Gasteiger partial charge in [-0.3, -0.25) is 14.4 Å². The molecule has 30 heavy (non-hydrogen) atoms. The van der Waals surface area contributed by atoms with Crippen molar-refractivity contribution in [1.82, 2.24) is 0 Å². The van der Waals surface area contributed by atoms with Crippen molar-refractivity contribution in [2.75, 3.05) is 0 Å². The second kappa shape index (κ2) is 7.47. The van der Waals surface area contributed by atoms with Gasteiger partial charge in [-0.15, -0.1) is 0 Å². The molecule has 0 aromatic rings. The molecule has 7 atom stereocenters. The molecule has 4 rings (SSSR count). The van der Waals surface area contributed by atoms with E-state index in [-0.39, 0.29) is 39.3 Å². The average Bonchev–Trinajstić information content (AvgIpc) is 2.93. The number of carboxylic acids is 1. The third-order valence-electron chi connectivity index (χ3n) is 9.35. The van der Waals surface area contributed by atoms with Gasteiger partial charge >= 0.3 is 5.97 Å². The third kappa shape index (κ3) is 3.29. The molecule has 5 nitrogen and oxygen atoms in total. The minimum Gasteiger partial charge on any atom is -0.481 e. The van der Waals surface area contributed by atoms with Crippen LogP contribution >= 0.6 is 11.8 Å². The Hall–Kier alpha value is -1.14. The lowest BCUT2D eigenvalue weighted by Crippen LogP contribution is -2.58. The van der Waals surface area contributed by atoms with Crippen LogP contribution in [0.2, 0.25) is 0 Å². The predicted molar refractivity (Wildman–Crippen MR) is 116 cm³/mol. The zero-order valence-electron chi connectivity index (χ0n) is 18.3. The molecule has 4 aliphatic rings. The summed E-state index contributed by atoms with van der Waals surface area (Å²) in [4.78, 5) is 35.5. The fourth-order valence-corrected chi connectivity index (χ4v) is 8.90. The van der Waals surface area contributed by atoms with Crippen LogP contribution in [0.1, 0.15) is 78.6 Å². The van der Waals surface area contributed by atoms with Gasteiger partial charge in [-0.05, 0) is 79.6 Å². The van der Waals surface area contributed by atoms with Gasteiger partial charge in [0.1, 0.15) is 0 Å². The van der Waals surface area contributed by atoms with E-state index in [0.717, 1.165) is 32.1 Å². The number of aliphatic carboxylic acids is 1. The maximum Gasteiger partial charge on any atom is 0.303 e. The second-order valence-electron chi connectivity index (χ2n) is 10.6. The van der Waals surface area contributed by atoms with E-state index in [1.54, 1.807) is 6.92 Å². The fraction of sp³-hybridized carbons (Fsp3) is 0.792. The summed E-state index contributed by atoms with van der Waals surface area (Å²) >= 11 is 1.42. The zero-order valence-corrected chi connectivity index (χ0v) is 19.1. The molecule has 0 aromatic heterocycles. The van der Waals surface area contributed by atoms with Gasteiger partial charge in [0.05, 0.1) is 5.60 Å². The number of rotatable bonds is 4. The number of carboxylic acid groups (broad SMARTS) is 1. The Bertz CT molecular complexity index is 805. The van der Waals surface area contributed by atoms with E-state index in [0.29, 0.717) is 31.1 Å². The molecule has 3 saturated carbocycles. The molecule has 0 amide bonds. The first-order valence-corrected chi connectivity index (χ1v) is 12.2. The summed E-state index contributed by atoms with van der Waals surface area (Å²) in [6, 6.07) is 0. The first-order valence-electron chi connectivity index (χ1n) is 11.4. The van der Waals surface area contributed by atoms with Crippen LogP contribution in [0, 0.1) is 28.6 Å². The summed E-state index contributed by atoms with van der Waals surface area (Å²) in [5, 5.41) is 21.0. The maximum atomic E-state index is 12.2. The van der Waals surface area contributed by atoms with Crippen LogP contribution in [0.5, 0.6) is 0 Å².